The molecule has 1 aliphatic rings. The molecule has 1 aromatic carbocycles. The Labute approximate surface area is 130 Å². The summed E-state index contributed by atoms with van der Waals surface area (Å²) in [5.41, 5.74) is 6.94. The maximum absolute atomic E-state index is 11.7. The van der Waals surface area contributed by atoms with E-state index < -0.39 is 0 Å². The van der Waals surface area contributed by atoms with Gasteiger partial charge in [0.15, 0.2) is 6.61 Å². The Morgan fingerprint density at radius 1 is 1.14 bits per heavy atom. The minimum atomic E-state index is -0.380. The second-order valence-corrected chi connectivity index (χ2v) is 5.68. The van der Waals surface area contributed by atoms with Gasteiger partial charge in [0, 0.05) is 6.42 Å². The molecule has 2 N–H and O–H groups in total. The van der Waals surface area contributed by atoms with Crippen LogP contribution in [0.2, 0.25) is 0 Å². The number of ether oxygens (including phenoxy) is 1. The van der Waals surface area contributed by atoms with Gasteiger partial charge in [-0.2, -0.15) is 0 Å². The number of carbonyl (C=O) groups is 2. The third-order valence-corrected chi connectivity index (χ3v) is 3.47. The van der Waals surface area contributed by atoms with Gasteiger partial charge in [-0.1, -0.05) is 18.2 Å². The molecule has 0 radical (unpaired) electrons. The van der Waals surface area contributed by atoms with Crippen LogP contribution >= 0.6 is 0 Å². The van der Waals surface area contributed by atoms with E-state index in [2.05, 4.69) is 16.9 Å². The highest BCUT2D eigenvalue weighted by Crippen LogP contribution is 2.19. The molecule has 0 saturated carbocycles. The molecule has 1 atom stereocenters. The number of nitrogens with one attached hydrogen (secondary N) is 2. The van der Waals surface area contributed by atoms with E-state index in [9.17, 15) is 9.59 Å². The molecule has 0 saturated heterocycles. The molecule has 22 heavy (non-hydrogen) atoms. The standard InChI is InChI=1S/C17H22N2O3/c1-12-7-13(2)9-15(8-12)22-11-17(21)19-18-16(20)10-14-5-3-4-6-14/h3,5,7-9,14H,4,6,10-11H2,1-2H3,(H,18,20)(H,19,21)/t14-/m0/s1. The Balaban J connectivity index is 1.69. The molecule has 0 aliphatic heterocycles. The van der Waals surface area contributed by atoms with E-state index in [1.807, 2.05) is 38.1 Å². The third-order valence-electron chi connectivity index (χ3n) is 3.47. The molecule has 118 valence electrons. The van der Waals surface area contributed by atoms with Crippen LogP contribution in [0.25, 0.3) is 0 Å². The molecule has 0 unspecified atom stereocenters. The minimum Gasteiger partial charge on any atom is -0.484 e. The van der Waals surface area contributed by atoms with Crippen molar-refractivity contribution in [1.29, 1.82) is 0 Å². The summed E-state index contributed by atoms with van der Waals surface area (Å²) < 4.78 is 5.42. The van der Waals surface area contributed by atoms with Crippen molar-refractivity contribution in [2.24, 2.45) is 5.92 Å². The average molecular weight is 302 g/mol. The monoisotopic (exact) mass is 302 g/mol. The molecule has 1 aliphatic carbocycles. The second kappa shape index (κ2) is 7.64. The molecule has 0 aromatic heterocycles. The van der Waals surface area contributed by atoms with Gasteiger partial charge in [-0.05, 0) is 55.9 Å². The van der Waals surface area contributed by atoms with Crippen LogP contribution in [0, 0.1) is 19.8 Å². The Kier molecular flexibility index (Phi) is 5.58. The molecule has 0 spiro atoms. The Hall–Kier alpha value is -2.30. The van der Waals surface area contributed by atoms with E-state index in [0.717, 1.165) is 24.0 Å². The third kappa shape index (κ3) is 5.24. The first-order valence-electron chi connectivity index (χ1n) is 7.48. The number of benzene rings is 1. The van der Waals surface area contributed by atoms with Crippen LogP contribution in [0.5, 0.6) is 5.75 Å². The molecular weight excluding hydrogens is 280 g/mol. The van der Waals surface area contributed by atoms with Crippen LogP contribution in [-0.4, -0.2) is 18.4 Å². The lowest BCUT2D eigenvalue weighted by Gasteiger charge is -2.11. The van der Waals surface area contributed by atoms with Crippen molar-refractivity contribution in [3.05, 3.63) is 41.5 Å². The van der Waals surface area contributed by atoms with Crippen molar-refractivity contribution in [2.75, 3.05) is 6.61 Å². The lowest BCUT2D eigenvalue weighted by molar-refractivity contribution is -0.130. The lowest BCUT2D eigenvalue weighted by atomic mass is 10.1. The van der Waals surface area contributed by atoms with E-state index in [4.69, 9.17) is 4.74 Å². The van der Waals surface area contributed by atoms with Crippen molar-refractivity contribution < 1.29 is 14.3 Å². The van der Waals surface area contributed by atoms with Gasteiger partial charge in [0.25, 0.3) is 5.91 Å². The van der Waals surface area contributed by atoms with Crippen LogP contribution in [0.4, 0.5) is 0 Å². The largest absolute Gasteiger partial charge is 0.484 e. The number of hydrazine groups is 1. The zero-order valence-electron chi connectivity index (χ0n) is 13.0. The van der Waals surface area contributed by atoms with Crippen molar-refractivity contribution in [1.82, 2.24) is 10.9 Å². The highest BCUT2D eigenvalue weighted by atomic mass is 16.5. The summed E-state index contributed by atoms with van der Waals surface area (Å²) in [5, 5.41) is 0. The first-order valence-corrected chi connectivity index (χ1v) is 7.48. The van der Waals surface area contributed by atoms with E-state index in [1.54, 1.807) is 0 Å². The number of amides is 2. The highest BCUT2D eigenvalue weighted by molar-refractivity contribution is 5.82. The summed E-state index contributed by atoms with van der Waals surface area (Å²) in [6.45, 7) is 3.81. The van der Waals surface area contributed by atoms with Crippen LogP contribution in [0.15, 0.2) is 30.4 Å². The molecule has 2 amide bonds. The lowest BCUT2D eigenvalue weighted by Crippen LogP contribution is -2.44. The summed E-state index contributed by atoms with van der Waals surface area (Å²) in [6.07, 6.45) is 6.54. The number of rotatable bonds is 5. The van der Waals surface area contributed by atoms with E-state index >= 15 is 0 Å². The Bertz CT molecular complexity index is 561. The maximum Gasteiger partial charge on any atom is 0.276 e. The van der Waals surface area contributed by atoms with Gasteiger partial charge in [-0.15, -0.1) is 0 Å². The fourth-order valence-corrected chi connectivity index (χ4v) is 2.50. The molecule has 0 fully saturated rings. The first-order chi connectivity index (χ1) is 10.5. The maximum atomic E-state index is 11.7. The van der Waals surface area contributed by atoms with Crippen molar-refractivity contribution in [2.45, 2.75) is 33.1 Å². The van der Waals surface area contributed by atoms with Gasteiger partial charge in [0.1, 0.15) is 5.75 Å². The quantitative estimate of drug-likeness (QED) is 0.647. The summed E-state index contributed by atoms with van der Waals surface area (Å²) in [4.78, 5) is 23.3. The van der Waals surface area contributed by atoms with Crippen LogP contribution in [0.1, 0.15) is 30.4 Å². The zero-order chi connectivity index (χ0) is 15.9. The smallest absolute Gasteiger partial charge is 0.276 e. The number of aryl methyl sites for hydroxylation is 2. The predicted octanol–water partition coefficient (Wildman–Crippen LogP) is 2.19. The first kappa shape index (κ1) is 16.1. The number of carbonyl (C=O) groups excluding carboxylic acids is 2. The van der Waals surface area contributed by atoms with Crippen LogP contribution in [-0.2, 0) is 9.59 Å². The summed E-state index contributed by atoms with van der Waals surface area (Å²) in [5.74, 6) is 0.365. The van der Waals surface area contributed by atoms with E-state index in [1.165, 1.54) is 0 Å². The minimum absolute atomic E-state index is 0.132. The van der Waals surface area contributed by atoms with Gasteiger partial charge in [-0.25, -0.2) is 0 Å². The summed E-state index contributed by atoms with van der Waals surface area (Å²) >= 11 is 0. The van der Waals surface area contributed by atoms with Gasteiger partial charge < -0.3 is 4.74 Å². The molecule has 2 rings (SSSR count). The normalized spacial score (nSPS) is 16.4. The molecule has 5 nitrogen and oxygen atoms in total. The zero-order valence-corrected chi connectivity index (χ0v) is 13.0. The van der Waals surface area contributed by atoms with Gasteiger partial charge in [0.2, 0.25) is 5.91 Å². The topological polar surface area (TPSA) is 67.4 Å². The van der Waals surface area contributed by atoms with Crippen molar-refractivity contribution in [3.8, 4) is 5.75 Å². The van der Waals surface area contributed by atoms with Gasteiger partial charge >= 0.3 is 0 Å². The molecular formula is C17H22N2O3. The predicted molar refractivity (Wildman–Crippen MR) is 84.2 cm³/mol. The van der Waals surface area contributed by atoms with Crippen molar-refractivity contribution >= 4 is 11.8 Å². The number of hydrogen-bond donors (Lipinski definition) is 2. The van der Waals surface area contributed by atoms with Crippen LogP contribution in [0.3, 0.4) is 0 Å². The highest BCUT2D eigenvalue weighted by Gasteiger charge is 2.14. The van der Waals surface area contributed by atoms with E-state index in [-0.39, 0.29) is 24.3 Å². The fourth-order valence-electron chi connectivity index (χ4n) is 2.50. The number of allylic oxidation sites excluding steroid dienone is 2. The van der Waals surface area contributed by atoms with Crippen LogP contribution < -0.4 is 15.6 Å². The Morgan fingerprint density at radius 3 is 2.45 bits per heavy atom. The van der Waals surface area contributed by atoms with E-state index in [0.29, 0.717) is 12.2 Å². The SMILES string of the molecule is Cc1cc(C)cc(OCC(=O)NNC(=O)C[C@H]2C=CCC2)c1. The molecule has 5 heteroatoms. The average Bonchev–Trinajstić information content (AvgIpc) is 2.95. The molecule has 1 aromatic rings. The Morgan fingerprint density at radius 2 is 1.82 bits per heavy atom. The number of hydrogen-bond acceptors (Lipinski definition) is 3. The summed E-state index contributed by atoms with van der Waals surface area (Å²) in [7, 11) is 0. The summed E-state index contributed by atoms with van der Waals surface area (Å²) in [6, 6.07) is 5.77. The second-order valence-electron chi connectivity index (χ2n) is 5.68. The molecule has 0 bridgehead atoms. The fraction of sp³-hybridized carbons (Fsp3) is 0.412. The van der Waals surface area contributed by atoms with Crippen molar-refractivity contribution in [3.63, 3.8) is 0 Å². The van der Waals surface area contributed by atoms with Gasteiger partial charge in [0.05, 0.1) is 0 Å². The van der Waals surface area contributed by atoms with Gasteiger partial charge in [-0.3, -0.25) is 20.4 Å². The molecule has 0 heterocycles.